The zero-order valence-corrected chi connectivity index (χ0v) is 8.92. The van der Waals surface area contributed by atoms with E-state index >= 15 is 0 Å². The highest BCUT2D eigenvalue weighted by molar-refractivity contribution is 5.41. The first-order chi connectivity index (χ1) is 6.49. The standard InChI is InChI=1S/C11H17FN2/c1-8(2)14(3)7-9-4-10(12)6-11(13)5-9/h4-6,8H,7,13H2,1-3H3. The number of anilines is 1. The zero-order valence-electron chi connectivity index (χ0n) is 8.92. The van der Waals surface area contributed by atoms with Gasteiger partial charge in [-0.15, -0.1) is 0 Å². The van der Waals surface area contributed by atoms with Gasteiger partial charge in [-0.2, -0.15) is 0 Å². The lowest BCUT2D eigenvalue weighted by Gasteiger charge is -2.21. The van der Waals surface area contributed by atoms with Crippen LogP contribution in [0.1, 0.15) is 19.4 Å². The smallest absolute Gasteiger partial charge is 0.125 e. The SMILES string of the molecule is CC(C)N(C)Cc1cc(N)cc(F)c1. The zero-order chi connectivity index (χ0) is 10.7. The van der Waals surface area contributed by atoms with Crippen LogP contribution in [-0.4, -0.2) is 18.0 Å². The van der Waals surface area contributed by atoms with E-state index in [4.69, 9.17) is 5.73 Å². The van der Waals surface area contributed by atoms with Crippen molar-refractivity contribution in [1.82, 2.24) is 4.90 Å². The van der Waals surface area contributed by atoms with Gasteiger partial charge < -0.3 is 5.73 Å². The lowest BCUT2D eigenvalue weighted by Crippen LogP contribution is -2.25. The summed E-state index contributed by atoms with van der Waals surface area (Å²) in [4.78, 5) is 2.13. The van der Waals surface area contributed by atoms with Crippen molar-refractivity contribution in [3.63, 3.8) is 0 Å². The second kappa shape index (κ2) is 4.42. The fourth-order valence-electron chi connectivity index (χ4n) is 1.24. The van der Waals surface area contributed by atoms with E-state index in [0.717, 1.165) is 12.1 Å². The van der Waals surface area contributed by atoms with Gasteiger partial charge in [-0.25, -0.2) is 4.39 Å². The summed E-state index contributed by atoms with van der Waals surface area (Å²) in [5, 5.41) is 0. The molecular formula is C11H17FN2. The molecule has 0 spiro atoms. The van der Waals surface area contributed by atoms with Crippen LogP contribution in [0.2, 0.25) is 0 Å². The molecule has 14 heavy (non-hydrogen) atoms. The van der Waals surface area contributed by atoms with Gasteiger partial charge >= 0.3 is 0 Å². The number of nitrogens with two attached hydrogens (primary N) is 1. The Bertz CT molecular complexity index is 290. The Morgan fingerprint density at radius 3 is 2.50 bits per heavy atom. The lowest BCUT2D eigenvalue weighted by atomic mass is 10.1. The van der Waals surface area contributed by atoms with Crippen molar-refractivity contribution in [1.29, 1.82) is 0 Å². The molecule has 0 aliphatic heterocycles. The number of hydrogen-bond acceptors (Lipinski definition) is 2. The summed E-state index contributed by atoms with van der Waals surface area (Å²) in [6, 6.07) is 5.11. The van der Waals surface area contributed by atoms with Crippen molar-refractivity contribution < 1.29 is 4.39 Å². The highest BCUT2D eigenvalue weighted by atomic mass is 19.1. The van der Waals surface area contributed by atoms with Crippen molar-refractivity contribution in [2.24, 2.45) is 0 Å². The lowest BCUT2D eigenvalue weighted by molar-refractivity contribution is 0.265. The van der Waals surface area contributed by atoms with Gasteiger partial charge in [-0.3, -0.25) is 4.90 Å². The molecule has 0 aromatic heterocycles. The van der Waals surface area contributed by atoms with Crippen LogP contribution in [0.4, 0.5) is 10.1 Å². The van der Waals surface area contributed by atoms with E-state index in [-0.39, 0.29) is 5.82 Å². The van der Waals surface area contributed by atoms with Crippen molar-refractivity contribution in [3.8, 4) is 0 Å². The Balaban J connectivity index is 2.76. The first-order valence-electron chi connectivity index (χ1n) is 4.74. The molecule has 0 aliphatic carbocycles. The molecule has 0 bridgehead atoms. The summed E-state index contributed by atoms with van der Waals surface area (Å²) in [6.45, 7) is 4.92. The van der Waals surface area contributed by atoms with Crippen molar-refractivity contribution >= 4 is 5.69 Å². The molecule has 3 heteroatoms. The predicted octanol–water partition coefficient (Wildman–Crippen LogP) is 2.25. The van der Waals surface area contributed by atoms with E-state index < -0.39 is 0 Å². The van der Waals surface area contributed by atoms with Crippen LogP contribution >= 0.6 is 0 Å². The second-order valence-corrected chi connectivity index (χ2v) is 3.90. The van der Waals surface area contributed by atoms with Gasteiger partial charge in [0.25, 0.3) is 0 Å². The number of rotatable bonds is 3. The molecular weight excluding hydrogens is 179 g/mol. The summed E-state index contributed by atoms with van der Waals surface area (Å²) in [5.74, 6) is -0.267. The van der Waals surface area contributed by atoms with Gasteiger partial charge in [0.2, 0.25) is 0 Å². The average Bonchev–Trinajstić information content (AvgIpc) is 2.01. The third-order valence-electron chi connectivity index (χ3n) is 2.29. The van der Waals surface area contributed by atoms with Gasteiger partial charge in [0.1, 0.15) is 5.82 Å². The van der Waals surface area contributed by atoms with E-state index in [1.54, 1.807) is 0 Å². The van der Waals surface area contributed by atoms with Crippen LogP contribution in [-0.2, 0) is 6.54 Å². The summed E-state index contributed by atoms with van der Waals surface area (Å²) >= 11 is 0. The average molecular weight is 196 g/mol. The largest absolute Gasteiger partial charge is 0.399 e. The molecule has 2 N–H and O–H groups in total. The van der Waals surface area contributed by atoms with E-state index in [1.807, 2.05) is 13.1 Å². The first kappa shape index (κ1) is 11.0. The van der Waals surface area contributed by atoms with E-state index in [9.17, 15) is 4.39 Å². The van der Waals surface area contributed by atoms with Gasteiger partial charge in [0, 0.05) is 18.3 Å². The van der Waals surface area contributed by atoms with Crippen molar-refractivity contribution in [2.45, 2.75) is 26.4 Å². The number of halogens is 1. The fraction of sp³-hybridized carbons (Fsp3) is 0.455. The Morgan fingerprint density at radius 1 is 1.36 bits per heavy atom. The van der Waals surface area contributed by atoms with Crippen LogP contribution in [0.15, 0.2) is 18.2 Å². The van der Waals surface area contributed by atoms with E-state index in [1.165, 1.54) is 12.1 Å². The molecule has 1 aromatic rings. The van der Waals surface area contributed by atoms with Crippen LogP contribution in [0.25, 0.3) is 0 Å². The highest BCUT2D eigenvalue weighted by Gasteiger charge is 2.05. The van der Waals surface area contributed by atoms with Crippen LogP contribution < -0.4 is 5.73 Å². The Morgan fingerprint density at radius 2 is 2.00 bits per heavy atom. The molecule has 0 saturated carbocycles. The third kappa shape index (κ3) is 3.00. The van der Waals surface area contributed by atoms with E-state index in [2.05, 4.69) is 18.7 Å². The summed E-state index contributed by atoms with van der Waals surface area (Å²) in [6.07, 6.45) is 0. The summed E-state index contributed by atoms with van der Waals surface area (Å²) in [5.41, 5.74) is 6.95. The van der Waals surface area contributed by atoms with Gasteiger partial charge in [0.05, 0.1) is 0 Å². The van der Waals surface area contributed by atoms with E-state index in [0.29, 0.717) is 11.7 Å². The molecule has 0 unspecified atom stereocenters. The summed E-state index contributed by atoms with van der Waals surface area (Å²) < 4.78 is 13.0. The molecule has 2 nitrogen and oxygen atoms in total. The van der Waals surface area contributed by atoms with Gasteiger partial charge in [-0.05, 0) is 44.7 Å². The molecule has 0 atom stereocenters. The molecule has 0 aliphatic rings. The molecule has 1 rings (SSSR count). The molecule has 0 radical (unpaired) electrons. The third-order valence-corrected chi connectivity index (χ3v) is 2.29. The minimum Gasteiger partial charge on any atom is -0.399 e. The van der Waals surface area contributed by atoms with Gasteiger partial charge in [-0.1, -0.05) is 0 Å². The minimum atomic E-state index is -0.267. The first-order valence-corrected chi connectivity index (χ1v) is 4.74. The van der Waals surface area contributed by atoms with Crippen LogP contribution in [0.5, 0.6) is 0 Å². The Hall–Kier alpha value is -1.09. The van der Waals surface area contributed by atoms with Crippen molar-refractivity contribution in [2.75, 3.05) is 12.8 Å². The maximum Gasteiger partial charge on any atom is 0.125 e. The second-order valence-electron chi connectivity index (χ2n) is 3.90. The maximum absolute atomic E-state index is 13.0. The van der Waals surface area contributed by atoms with Gasteiger partial charge in [0.15, 0.2) is 0 Å². The number of nitrogens with zero attached hydrogens (tertiary/aromatic N) is 1. The highest BCUT2D eigenvalue weighted by Crippen LogP contribution is 2.13. The molecule has 1 aromatic carbocycles. The molecule has 0 saturated heterocycles. The number of benzene rings is 1. The molecule has 0 fully saturated rings. The predicted molar refractivity (Wildman–Crippen MR) is 57.4 cm³/mol. The monoisotopic (exact) mass is 196 g/mol. The van der Waals surface area contributed by atoms with Crippen LogP contribution in [0, 0.1) is 5.82 Å². The molecule has 0 amide bonds. The summed E-state index contributed by atoms with van der Waals surface area (Å²) in [7, 11) is 2.01. The number of nitrogen functional groups attached to an aromatic ring is 1. The Labute approximate surface area is 84.5 Å². The quantitative estimate of drug-likeness (QED) is 0.751. The van der Waals surface area contributed by atoms with Crippen molar-refractivity contribution in [3.05, 3.63) is 29.6 Å². The Kier molecular flexibility index (Phi) is 3.47. The fourth-order valence-corrected chi connectivity index (χ4v) is 1.24. The minimum absolute atomic E-state index is 0.267. The molecule has 78 valence electrons. The maximum atomic E-state index is 13.0. The topological polar surface area (TPSA) is 29.3 Å². The number of hydrogen-bond donors (Lipinski definition) is 1. The van der Waals surface area contributed by atoms with Crippen LogP contribution in [0.3, 0.4) is 0 Å². The normalized spacial score (nSPS) is 11.3. The molecule has 0 heterocycles.